The number of nitrogens with zero attached hydrogens (tertiary/aromatic N) is 1. The van der Waals surface area contributed by atoms with E-state index in [-0.39, 0.29) is 11.5 Å². The highest BCUT2D eigenvalue weighted by molar-refractivity contribution is 5.87. The Morgan fingerprint density at radius 3 is 2.69 bits per heavy atom. The molecular weight excluding hydrogens is 210 g/mol. The van der Waals surface area contributed by atoms with Crippen molar-refractivity contribution < 1.29 is 14.7 Å². The number of nitrogens with one attached hydrogen (secondary N) is 2. The van der Waals surface area contributed by atoms with Gasteiger partial charge >= 0.3 is 5.97 Å². The molecule has 1 amide bonds. The van der Waals surface area contributed by atoms with Crippen molar-refractivity contribution in [3.8, 4) is 0 Å². The lowest BCUT2D eigenvalue weighted by Gasteiger charge is -2.04. The highest BCUT2D eigenvalue weighted by Gasteiger charge is 2.03. The number of carbonyl (C=O) groups is 2. The molecule has 6 heteroatoms. The summed E-state index contributed by atoms with van der Waals surface area (Å²) in [4.78, 5) is 25.3. The molecular formula is C10H13N3O3. The summed E-state index contributed by atoms with van der Waals surface area (Å²) in [5.41, 5.74) is 0.136. The third-order valence-corrected chi connectivity index (χ3v) is 1.95. The van der Waals surface area contributed by atoms with Crippen molar-refractivity contribution in [1.82, 2.24) is 10.3 Å². The van der Waals surface area contributed by atoms with Gasteiger partial charge in [-0.2, -0.15) is 0 Å². The molecule has 0 aliphatic carbocycles. The van der Waals surface area contributed by atoms with E-state index in [0.29, 0.717) is 18.8 Å². The van der Waals surface area contributed by atoms with Gasteiger partial charge in [0.2, 0.25) is 5.91 Å². The van der Waals surface area contributed by atoms with Crippen LogP contribution in [-0.4, -0.2) is 35.6 Å². The van der Waals surface area contributed by atoms with E-state index in [4.69, 9.17) is 5.11 Å². The first-order valence-electron chi connectivity index (χ1n) is 4.77. The summed E-state index contributed by atoms with van der Waals surface area (Å²) in [7, 11) is 1.57. The summed E-state index contributed by atoms with van der Waals surface area (Å²) in [5.74, 6) is -0.520. The minimum atomic E-state index is -1.01. The van der Waals surface area contributed by atoms with Gasteiger partial charge in [0.05, 0.1) is 5.56 Å². The molecule has 0 saturated carbocycles. The van der Waals surface area contributed by atoms with Crippen molar-refractivity contribution in [2.45, 2.75) is 6.42 Å². The fourth-order valence-electron chi connectivity index (χ4n) is 1.05. The van der Waals surface area contributed by atoms with E-state index in [0.717, 1.165) is 0 Å². The first kappa shape index (κ1) is 12.0. The lowest BCUT2D eigenvalue weighted by Crippen LogP contribution is -2.21. The maximum Gasteiger partial charge on any atom is 0.337 e. The molecule has 0 aliphatic rings. The SMILES string of the molecule is CNC(=O)CCNc1ccc(C(=O)O)cn1. The van der Waals surface area contributed by atoms with Crippen LogP contribution < -0.4 is 10.6 Å². The van der Waals surface area contributed by atoms with E-state index < -0.39 is 5.97 Å². The van der Waals surface area contributed by atoms with Crippen molar-refractivity contribution >= 4 is 17.7 Å². The monoisotopic (exact) mass is 223 g/mol. The van der Waals surface area contributed by atoms with Gasteiger partial charge in [0, 0.05) is 26.2 Å². The summed E-state index contributed by atoms with van der Waals surface area (Å²) in [6.45, 7) is 0.457. The summed E-state index contributed by atoms with van der Waals surface area (Å²) >= 11 is 0. The van der Waals surface area contributed by atoms with Crippen LogP contribution in [-0.2, 0) is 4.79 Å². The van der Waals surface area contributed by atoms with Gasteiger partial charge in [0.1, 0.15) is 5.82 Å². The molecule has 0 saturated heterocycles. The smallest absolute Gasteiger partial charge is 0.337 e. The predicted molar refractivity (Wildman–Crippen MR) is 58.4 cm³/mol. The van der Waals surface area contributed by atoms with E-state index >= 15 is 0 Å². The molecule has 0 bridgehead atoms. The van der Waals surface area contributed by atoms with Gasteiger partial charge in [0.25, 0.3) is 0 Å². The van der Waals surface area contributed by atoms with Crippen LogP contribution in [0.5, 0.6) is 0 Å². The molecule has 0 spiro atoms. The number of aromatic nitrogens is 1. The number of aromatic carboxylic acids is 1. The van der Waals surface area contributed by atoms with Crippen LogP contribution in [0.25, 0.3) is 0 Å². The largest absolute Gasteiger partial charge is 0.478 e. The Morgan fingerprint density at radius 2 is 2.19 bits per heavy atom. The molecule has 1 rings (SSSR count). The minimum absolute atomic E-state index is 0.0605. The number of amides is 1. The average molecular weight is 223 g/mol. The molecule has 6 nitrogen and oxygen atoms in total. The first-order valence-corrected chi connectivity index (χ1v) is 4.77. The van der Waals surface area contributed by atoms with E-state index in [2.05, 4.69) is 15.6 Å². The molecule has 0 aliphatic heterocycles. The Hall–Kier alpha value is -2.11. The fourth-order valence-corrected chi connectivity index (χ4v) is 1.05. The number of rotatable bonds is 5. The number of hydrogen-bond donors (Lipinski definition) is 3. The molecule has 3 N–H and O–H groups in total. The number of carboxylic acid groups (broad SMARTS) is 1. The lowest BCUT2D eigenvalue weighted by atomic mass is 10.3. The van der Waals surface area contributed by atoms with Gasteiger partial charge in [0.15, 0.2) is 0 Å². The number of carboxylic acids is 1. The highest BCUT2D eigenvalue weighted by atomic mass is 16.4. The molecule has 1 heterocycles. The number of carbonyl (C=O) groups excluding carboxylic acids is 1. The molecule has 0 fully saturated rings. The molecule has 1 aromatic heterocycles. The summed E-state index contributed by atoms with van der Waals surface area (Å²) in [6.07, 6.45) is 1.61. The zero-order chi connectivity index (χ0) is 12.0. The van der Waals surface area contributed by atoms with Crippen LogP contribution in [0, 0.1) is 0 Å². The van der Waals surface area contributed by atoms with Crippen molar-refractivity contribution in [2.24, 2.45) is 0 Å². The van der Waals surface area contributed by atoms with Gasteiger partial charge in [-0.3, -0.25) is 4.79 Å². The van der Waals surface area contributed by atoms with Gasteiger partial charge in [-0.05, 0) is 12.1 Å². The first-order chi connectivity index (χ1) is 7.63. The van der Waals surface area contributed by atoms with Crippen LogP contribution in [0.4, 0.5) is 5.82 Å². The van der Waals surface area contributed by atoms with Crippen molar-refractivity contribution in [2.75, 3.05) is 18.9 Å². The molecule has 0 unspecified atom stereocenters. The van der Waals surface area contributed by atoms with Crippen LogP contribution >= 0.6 is 0 Å². The quantitative estimate of drug-likeness (QED) is 0.669. The number of pyridine rings is 1. The second kappa shape index (κ2) is 5.69. The highest BCUT2D eigenvalue weighted by Crippen LogP contribution is 2.04. The van der Waals surface area contributed by atoms with E-state index in [1.807, 2.05) is 0 Å². The van der Waals surface area contributed by atoms with E-state index in [1.54, 1.807) is 13.1 Å². The third kappa shape index (κ3) is 3.56. The zero-order valence-electron chi connectivity index (χ0n) is 8.86. The Kier molecular flexibility index (Phi) is 4.26. The fraction of sp³-hybridized carbons (Fsp3) is 0.300. The summed E-state index contributed by atoms with van der Waals surface area (Å²) < 4.78 is 0. The van der Waals surface area contributed by atoms with Crippen molar-refractivity contribution in [3.63, 3.8) is 0 Å². The Morgan fingerprint density at radius 1 is 1.44 bits per heavy atom. The molecule has 0 radical (unpaired) electrons. The Balaban J connectivity index is 2.43. The topological polar surface area (TPSA) is 91.3 Å². The summed E-state index contributed by atoms with van der Waals surface area (Å²) in [6, 6.07) is 3.02. The van der Waals surface area contributed by atoms with E-state index in [9.17, 15) is 9.59 Å². The normalized spacial score (nSPS) is 9.56. The van der Waals surface area contributed by atoms with Crippen LogP contribution in [0.1, 0.15) is 16.8 Å². The number of anilines is 1. The molecule has 0 atom stereocenters. The maximum absolute atomic E-state index is 10.9. The summed E-state index contributed by atoms with van der Waals surface area (Å²) in [5, 5.41) is 14.1. The predicted octanol–water partition coefficient (Wildman–Crippen LogP) is 0.328. The molecule has 1 aromatic rings. The second-order valence-electron chi connectivity index (χ2n) is 3.09. The Labute approximate surface area is 92.7 Å². The van der Waals surface area contributed by atoms with Crippen LogP contribution in [0.2, 0.25) is 0 Å². The van der Waals surface area contributed by atoms with Crippen molar-refractivity contribution in [3.05, 3.63) is 23.9 Å². The molecule has 86 valence electrons. The van der Waals surface area contributed by atoms with Crippen LogP contribution in [0.15, 0.2) is 18.3 Å². The maximum atomic E-state index is 10.9. The second-order valence-corrected chi connectivity index (χ2v) is 3.09. The van der Waals surface area contributed by atoms with Gasteiger partial charge in [-0.15, -0.1) is 0 Å². The lowest BCUT2D eigenvalue weighted by molar-refractivity contribution is -0.120. The average Bonchev–Trinajstić information content (AvgIpc) is 2.29. The Bertz CT molecular complexity index is 375. The third-order valence-electron chi connectivity index (χ3n) is 1.95. The molecule has 16 heavy (non-hydrogen) atoms. The standard InChI is InChI=1S/C10H13N3O3/c1-11-9(14)4-5-12-8-3-2-7(6-13-8)10(15)16/h2-3,6H,4-5H2,1H3,(H,11,14)(H,12,13)(H,15,16). The van der Waals surface area contributed by atoms with Gasteiger partial charge in [-0.1, -0.05) is 0 Å². The minimum Gasteiger partial charge on any atom is -0.478 e. The van der Waals surface area contributed by atoms with Gasteiger partial charge in [-0.25, -0.2) is 9.78 Å². The van der Waals surface area contributed by atoms with Crippen molar-refractivity contribution in [1.29, 1.82) is 0 Å². The van der Waals surface area contributed by atoms with Gasteiger partial charge < -0.3 is 15.7 Å². The zero-order valence-corrected chi connectivity index (χ0v) is 8.86. The number of hydrogen-bond acceptors (Lipinski definition) is 4. The molecule has 0 aromatic carbocycles. The van der Waals surface area contributed by atoms with E-state index in [1.165, 1.54) is 12.3 Å². The van der Waals surface area contributed by atoms with Crippen LogP contribution in [0.3, 0.4) is 0 Å².